The highest BCUT2D eigenvalue weighted by atomic mass is 16.5. The maximum atomic E-state index is 10.8. The molecular formula is C21H22O5. The lowest BCUT2D eigenvalue weighted by molar-refractivity contribution is 0.0600. The maximum Gasteiger partial charge on any atom is 0.337 e. The SMILES string of the molecule is COC(=O)c1ccc(O)cc1.Cc1cccc(O)c1.Oc1ccccc1. The van der Waals surface area contributed by atoms with Crippen LogP contribution < -0.4 is 0 Å². The number of rotatable bonds is 1. The van der Waals surface area contributed by atoms with Gasteiger partial charge in [0.15, 0.2) is 0 Å². The Kier molecular flexibility index (Phi) is 8.82. The second-order valence-corrected chi connectivity index (χ2v) is 5.21. The predicted octanol–water partition coefficient (Wildman–Crippen LogP) is 4.27. The zero-order chi connectivity index (χ0) is 19.4. The lowest BCUT2D eigenvalue weighted by atomic mass is 10.2. The van der Waals surface area contributed by atoms with Gasteiger partial charge >= 0.3 is 5.97 Å². The molecule has 5 heteroatoms. The largest absolute Gasteiger partial charge is 0.508 e. The third-order valence-electron chi connectivity index (χ3n) is 3.05. The molecule has 136 valence electrons. The third-order valence-corrected chi connectivity index (χ3v) is 3.05. The van der Waals surface area contributed by atoms with E-state index in [1.807, 2.05) is 25.1 Å². The van der Waals surface area contributed by atoms with Crippen molar-refractivity contribution in [1.82, 2.24) is 0 Å². The molecule has 26 heavy (non-hydrogen) atoms. The van der Waals surface area contributed by atoms with Crippen molar-refractivity contribution in [2.45, 2.75) is 6.92 Å². The number of methoxy groups -OCH3 is 1. The quantitative estimate of drug-likeness (QED) is 0.568. The number of carbonyl (C=O) groups is 1. The zero-order valence-corrected chi connectivity index (χ0v) is 14.7. The Labute approximate surface area is 152 Å². The molecule has 0 amide bonds. The van der Waals surface area contributed by atoms with Crippen LogP contribution in [0.25, 0.3) is 0 Å². The molecule has 0 aliphatic carbocycles. The van der Waals surface area contributed by atoms with E-state index in [4.69, 9.17) is 15.3 Å². The van der Waals surface area contributed by atoms with Crippen molar-refractivity contribution in [3.05, 3.63) is 90.0 Å². The summed E-state index contributed by atoms with van der Waals surface area (Å²) in [4.78, 5) is 10.8. The van der Waals surface area contributed by atoms with Gasteiger partial charge in [0.25, 0.3) is 0 Å². The van der Waals surface area contributed by atoms with Crippen LogP contribution in [-0.2, 0) is 4.74 Å². The van der Waals surface area contributed by atoms with Gasteiger partial charge in [-0.05, 0) is 61.0 Å². The summed E-state index contributed by atoms with van der Waals surface area (Å²) >= 11 is 0. The van der Waals surface area contributed by atoms with E-state index < -0.39 is 5.97 Å². The van der Waals surface area contributed by atoms with Crippen LogP contribution in [-0.4, -0.2) is 28.4 Å². The van der Waals surface area contributed by atoms with Crippen molar-refractivity contribution in [3.8, 4) is 17.2 Å². The Morgan fingerprint density at radius 1 is 0.731 bits per heavy atom. The molecule has 0 aliphatic heterocycles. The van der Waals surface area contributed by atoms with Crippen molar-refractivity contribution in [3.63, 3.8) is 0 Å². The highest BCUT2D eigenvalue weighted by molar-refractivity contribution is 5.89. The van der Waals surface area contributed by atoms with Crippen molar-refractivity contribution >= 4 is 5.97 Å². The van der Waals surface area contributed by atoms with Gasteiger partial charge in [0.05, 0.1) is 12.7 Å². The van der Waals surface area contributed by atoms with Crippen molar-refractivity contribution in [2.75, 3.05) is 7.11 Å². The van der Waals surface area contributed by atoms with Gasteiger partial charge in [-0.25, -0.2) is 4.79 Å². The topological polar surface area (TPSA) is 87.0 Å². The first kappa shape index (κ1) is 20.6. The summed E-state index contributed by atoms with van der Waals surface area (Å²) in [6.45, 7) is 1.94. The number of hydrogen-bond donors (Lipinski definition) is 3. The molecule has 3 N–H and O–H groups in total. The van der Waals surface area contributed by atoms with Gasteiger partial charge < -0.3 is 20.1 Å². The lowest BCUT2D eigenvalue weighted by Crippen LogP contribution is -1.99. The summed E-state index contributed by atoms with van der Waals surface area (Å²) in [5.41, 5.74) is 1.52. The van der Waals surface area contributed by atoms with Crippen LogP contribution >= 0.6 is 0 Å². The summed E-state index contributed by atoms with van der Waals surface area (Å²) in [5.74, 6) is 0.398. The summed E-state index contributed by atoms with van der Waals surface area (Å²) in [6, 6.07) is 21.7. The van der Waals surface area contributed by atoms with Crippen molar-refractivity contribution in [2.24, 2.45) is 0 Å². The molecule has 3 aromatic rings. The number of phenolic OH excluding ortho intramolecular Hbond substituents is 3. The van der Waals surface area contributed by atoms with Crippen molar-refractivity contribution in [1.29, 1.82) is 0 Å². The van der Waals surface area contributed by atoms with Gasteiger partial charge in [-0.3, -0.25) is 0 Å². The molecule has 5 nitrogen and oxygen atoms in total. The molecule has 0 fully saturated rings. The molecule has 0 atom stereocenters. The summed E-state index contributed by atoms with van der Waals surface area (Å²) in [5, 5.41) is 26.3. The Balaban J connectivity index is 0.000000201. The van der Waals surface area contributed by atoms with E-state index in [-0.39, 0.29) is 5.75 Å². The summed E-state index contributed by atoms with van der Waals surface area (Å²) < 4.78 is 4.46. The van der Waals surface area contributed by atoms with Crippen LogP contribution in [0.1, 0.15) is 15.9 Å². The first-order valence-corrected chi connectivity index (χ1v) is 7.79. The Morgan fingerprint density at radius 2 is 1.27 bits per heavy atom. The second-order valence-electron chi connectivity index (χ2n) is 5.21. The van der Waals surface area contributed by atoms with E-state index in [2.05, 4.69) is 4.74 Å². The van der Waals surface area contributed by atoms with Crippen LogP contribution in [0.15, 0.2) is 78.9 Å². The van der Waals surface area contributed by atoms with E-state index in [1.165, 1.54) is 31.4 Å². The van der Waals surface area contributed by atoms with Crippen LogP contribution in [0.3, 0.4) is 0 Å². The second kappa shape index (κ2) is 11.1. The standard InChI is InChI=1S/C8H8O3.C7H8O.C6H6O/c1-11-8(10)6-2-4-7(9)5-3-6;1-6-3-2-4-7(8)5-6;7-6-4-2-1-3-5-6/h2-5,9H,1H3;2-5,8H,1H3;1-5,7H. The summed E-state index contributed by atoms with van der Waals surface area (Å²) in [6.07, 6.45) is 0. The van der Waals surface area contributed by atoms with Crippen LogP contribution in [0.2, 0.25) is 0 Å². The molecule has 0 aliphatic rings. The Hall–Kier alpha value is -3.47. The smallest absolute Gasteiger partial charge is 0.337 e. The van der Waals surface area contributed by atoms with E-state index >= 15 is 0 Å². The van der Waals surface area contributed by atoms with E-state index in [1.54, 1.807) is 36.4 Å². The van der Waals surface area contributed by atoms with Gasteiger partial charge in [-0.1, -0.05) is 30.3 Å². The van der Waals surface area contributed by atoms with E-state index in [9.17, 15) is 4.79 Å². The highest BCUT2D eigenvalue weighted by Crippen LogP contribution is 2.10. The molecule has 0 radical (unpaired) electrons. The number of carbonyl (C=O) groups excluding carboxylic acids is 1. The fourth-order valence-corrected chi connectivity index (χ4v) is 1.77. The number of para-hydroxylation sites is 1. The summed E-state index contributed by atoms with van der Waals surface area (Å²) in [7, 11) is 1.31. The average Bonchev–Trinajstić information content (AvgIpc) is 2.63. The molecule has 0 spiro atoms. The van der Waals surface area contributed by atoms with Crippen LogP contribution in [0.4, 0.5) is 0 Å². The number of aryl methyl sites for hydroxylation is 1. The third kappa shape index (κ3) is 8.40. The fraction of sp³-hybridized carbons (Fsp3) is 0.0952. The van der Waals surface area contributed by atoms with Crippen LogP contribution in [0.5, 0.6) is 17.2 Å². The maximum absolute atomic E-state index is 10.8. The molecule has 0 aromatic heterocycles. The molecule has 0 bridgehead atoms. The van der Waals surface area contributed by atoms with E-state index in [0.29, 0.717) is 17.1 Å². The number of hydrogen-bond acceptors (Lipinski definition) is 5. The van der Waals surface area contributed by atoms with Gasteiger partial charge in [-0.2, -0.15) is 0 Å². The minimum atomic E-state index is -0.398. The first-order chi connectivity index (χ1) is 12.4. The Bertz CT molecular complexity index is 766. The molecule has 0 heterocycles. The van der Waals surface area contributed by atoms with E-state index in [0.717, 1.165) is 5.56 Å². The number of ether oxygens (including phenoxy) is 1. The molecule has 0 saturated carbocycles. The lowest BCUT2D eigenvalue weighted by Gasteiger charge is -1.97. The molecule has 0 unspecified atom stereocenters. The molecular weight excluding hydrogens is 332 g/mol. The van der Waals surface area contributed by atoms with Gasteiger partial charge in [0, 0.05) is 0 Å². The molecule has 0 saturated heterocycles. The van der Waals surface area contributed by atoms with Crippen molar-refractivity contribution < 1.29 is 24.9 Å². The average molecular weight is 354 g/mol. The van der Waals surface area contributed by atoms with Gasteiger partial charge in [0.2, 0.25) is 0 Å². The number of aromatic hydroxyl groups is 3. The fourth-order valence-electron chi connectivity index (χ4n) is 1.77. The van der Waals surface area contributed by atoms with Crippen LogP contribution in [0, 0.1) is 6.92 Å². The van der Waals surface area contributed by atoms with Gasteiger partial charge in [-0.15, -0.1) is 0 Å². The highest BCUT2D eigenvalue weighted by Gasteiger charge is 2.02. The molecule has 3 aromatic carbocycles. The minimum absolute atomic E-state index is 0.137. The van der Waals surface area contributed by atoms with Gasteiger partial charge in [0.1, 0.15) is 17.2 Å². The normalized spacial score (nSPS) is 9.00. The first-order valence-electron chi connectivity index (χ1n) is 7.79. The minimum Gasteiger partial charge on any atom is -0.508 e. The monoisotopic (exact) mass is 354 g/mol. The number of benzene rings is 3. The number of phenols is 3. The predicted molar refractivity (Wildman–Crippen MR) is 100 cm³/mol. The zero-order valence-electron chi connectivity index (χ0n) is 14.7. The Morgan fingerprint density at radius 3 is 1.65 bits per heavy atom. The number of esters is 1. The molecule has 3 rings (SSSR count).